The van der Waals surface area contributed by atoms with Gasteiger partial charge in [0.15, 0.2) is 5.84 Å². The van der Waals surface area contributed by atoms with Gasteiger partial charge < -0.3 is 10.9 Å². The maximum atomic E-state index is 13.5. The van der Waals surface area contributed by atoms with Gasteiger partial charge in [0, 0.05) is 0 Å². The Kier molecular flexibility index (Phi) is 4.66. The lowest BCUT2D eigenvalue weighted by molar-refractivity contribution is 0.310. The molecule has 0 aliphatic carbocycles. The topological polar surface area (TPSA) is 105 Å². The fourth-order valence-corrected chi connectivity index (χ4v) is 3.00. The van der Waals surface area contributed by atoms with E-state index in [1.807, 2.05) is 0 Å². The van der Waals surface area contributed by atoms with Crippen LogP contribution in [0.25, 0.3) is 0 Å². The molecule has 112 valence electrons. The lowest BCUT2D eigenvalue weighted by Gasteiger charge is -2.27. The minimum absolute atomic E-state index is 0.138. The number of nitrogens with zero attached hydrogens (tertiary/aromatic N) is 1. The Morgan fingerprint density at radius 3 is 2.60 bits per heavy atom. The molecule has 1 rings (SSSR count). The van der Waals surface area contributed by atoms with E-state index in [1.54, 1.807) is 6.92 Å². The Labute approximate surface area is 115 Å². The van der Waals surface area contributed by atoms with Crippen LogP contribution in [0.5, 0.6) is 0 Å². The molecule has 0 aliphatic rings. The van der Waals surface area contributed by atoms with E-state index in [2.05, 4.69) is 9.88 Å². The molecule has 20 heavy (non-hydrogen) atoms. The van der Waals surface area contributed by atoms with E-state index in [1.165, 1.54) is 6.92 Å². The van der Waals surface area contributed by atoms with Crippen LogP contribution >= 0.6 is 0 Å². The van der Waals surface area contributed by atoms with Crippen LogP contribution < -0.4 is 10.5 Å². The van der Waals surface area contributed by atoms with Crippen LogP contribution in [0.15, 0.2) is 28.3 Å². The van der Waals surface area contributed by atoms with Crippen molar-refractivity contribution >= 4 is 15.9 Å². The Bertz CT molecular complexity index is 634. The first-order chi connectivity index (χ1) is 9.16. The van der Waals surface area contributed by atoms with Gasteiger partial charge in [-0.2, -0.15) is 4.72 Å². The van der Waals surface area contributed by atoms with E-state index < -0.39 is 32.1 Å². The summed E-state index contributed by atoms with van der Waals surface area (Å²) in [5.74, 6) is -2.38. The Hall–Kier alpha value is -1.74. The number of benzene rings is 1. The van der Waals surface area contributed by atoms with Crippen molar-refractivity contribution in [2.45, 2.75) is 30.7 Å². The summed E-state index contributed by atoms with van der Waals surface area (Å²) in [6.07, 6.45) is 0.138. The summed E-state index contributed by atoms with van der Waals surface area (Å²) in [7, 11) is -4.38. The summed E-state index contributed by atoms with van der Waals surface area (Å²) in [6.45, 7) is 2.94. The molecule has 0 saturated carbocycles. The van der Waals surface area contributed by atoms with E-state index >= 15 is 0 Å². The fraction of sp³-hybridized carbons (Fsp3) is 0.364. The van der Waals surface area contributed by atoms with E-state index in [0.29, 0.717) is 12.1 Å². The standard InChI is InChI=1S/C11H15F2N3O3S/c1-3-11(2,10(14)15-17)16-20(18,19)9-6-7(12)4-5-8(9)13/h4-6,16-17H,3H2,1-2H3,(H2,14,15). The first kappa shape index (κ1) is 16.3. The number of nitrogens with two attached hydrogens (primary N) is 1. The highest BCUT2D eigenvalue weighted by Gasteiger charge is 2.34. The van der Waals surface area contributed by atoms with Gasteiger partial charge in [0.05, 0.1) is 5.54 Å². The van der Waals surface area contributed by atoms with Gasteiger partial charge in [-0.3, -0.25) is 0 Å². The normalized spacial score (nSPS) is 15.9. The lowest BCUT2D eigenvalue weighted by atomic mass is 10.00. The van der Waals surface area contributed by atoms with Crippen molar-refractivity contribution in [1.29, 1.82) is 0 Å². The molecule has 0 aromatic heterocycles. The SMILES string of the molecule is CCC(C)(NS(=O)(=O)c1cc(F)ccc1F)/C(N)=N/O. The number of halogens is 2. The van der Waals surface area contributed by atoms with Gasteiger partial charge in [0.1, 0.15) is 16.5 Å². The quantitative estimate of drug-likeness (QED) is 0.328. The van der Waals surface area contributed by atoms with Crippen LogP contribution in [0.2, 0.25) is 0 Å². The summed E-state index contributed by atoms with van der Waals surface area (Å²) in [4.78, 5) is -0.845. The molecule has 0 spiro atoms. The van der Waals surface area contributed by atoms with Crippen molar-refractivity contribution < 1.29 is 22.4 Å². The molecule has 0 heterocycles. The predicted molar refractivity (Wildman–Crippen MR) is 68.8 cm³/mol. The van der Waals surface area contributed by atoms with Crippen LogP contribution in [-0.4, -0.2) is 25.0 Å². The Morgan fingerprint density at radius 1 is 1.50 bits per heavy atom. The van der Waals surface area contributed by atoms with Gasteiger partial charge in [-0.25, -0.2) is 17.2 Å². The number of rotatable bonds is 5. The molecule has 0 amide bonds. The average molecular weight is 307 g/mol. The molecule has 0 bridgehead atoms. The fourth-order valence-electron chi connectivity index (χ4n) is 1.45. The number of hydrogen-bond acceptors (Lipinski definition) is 4. The zero-order chi connectivity index (χ0) is 15.6. The molecule has 0 fully saturated rings. The molecular weight excluding hydrogens is 292 g/mol. The summed E-state index contributed by atoms with van der Waals surface area (Å²) in [5.41, 5.74) is 4.00. The average Bonchev–Trinajstić information content (AvgIpc) is 2.39. The van der Waals surface area contributed by atoms with E-state index in [0.717, 1.165) is 6.07 Å². The minimum atomic E-state index is -4.38. The zero-order valence-electron chi connectivity index (χ0n) is 10.9. The number of hydrogen-bond donors (Lipinski definition) is 3. The Balaban J connectivity index is 3.28. The predicted octanol–water partition coefficient (Wildman–Crippen LogP) is 1.16. The van der Waals surface area contributed by atoms with Crippen molar-refractivity contribution in [2.75, 3.05) is 0 Å². The molecule has 1 aromatic rings. The van der Waals surface area contributed by atoms with Gasteiger partial charge in [0.2, 0.25) is 10.0 Å². The van der Waals surface area contributed by atoms with Crippen LogP contribution in [0, 0.1) is 11.6 Å². The summed E-state index contributed by atoms with van der Waals surface area (Å²) < 4.78 is 52.9. The molecule has 0 radical (unpaired) electrons. The third-order valence-corrected chi connectivity index (χ3v) is 4.53. The summed E-state index contributed by atoms with van der Waals surface area (Å²) in [6, 6.07) is 2.06. The largest absolute Gasteiger partial charge is 0.409 e. The number of amidine groups is 1. The second-order valence-electron chi connectivity index (χ2n) is 4.35. The highest BCUT2D eigenvalue weighted by molar-refractivity contribution is 7.89. The number of oxime groups is 1. The first-order valence-electron chi connectivity index (χ1n) is 5.63. The lowest BCUT2D eigenvalue weighted by Crippen LogP contribution is -2.54. The molecule has 1 atom stereocenters. The van der Waals surface area contributed by atoms with E-state index in [4.69, 9.17) is 10.9 Å². The molecule has 0 aliphatic heterocycles. The molecule has 1 aromatic carbocycles. The van der Waals surface area contributed by atoms with Crippen molar-refractivity contribution in [2.24, 2.45) is 10.9 Å². The third-order valence-electron chi connectivity index (χ3n) is 2.92. The van der Waals surface area contributed by atoms with Crippen LogP contribution in [0.4, 0.5) is 8.78 Å². The van der Waals surface area contributed by atoms with Crippen molar-refractivity contribution in [3.8, 4) is 0 Å². The van der Waals surface area contributed by atoms with Gasteiger partial charge in [-0.1, -0.05) is 12.1 Å². The first-order valence-corrected chi connectivity index (χ1v) is 7.11. The van der Waals surface area contributed by atoms with Gasteiger partial charge in [0.25, 0.3) is 0 Å². The maximum Gasteiger partial charge on any atom is 0.244 e. The smallest absolute Gasteiger partial charge is 0.244 e. The van der Waals surface area contributed by atoms with Gasteiger partial charge >= 0.3 is 0 Å². The summed E-state index contributed by atoms with van der Waals surface area (Å²) in [5, 5.41) is 11.4. The van der Waals surface area contributed by atoms with E-state index in [9.17, 15) is 17.2 Å². The van der Waals surface area contributed by atoms with Crippen LogP contribution in [0.1, 0.15) is 20.3 Å². The van der Waals surface area contributed by atoms with Gasteiger partial charge in [-0.05, 0) is 31.5 Å². The third kappa shape index (κ3) is 3.23. The second-order valence-corrected chi connectivity index (χ2v) is 6.00. The van der Waals surface area contributed by atoms with Crippen LogP contribution in [0.3, 0.4) is 0 Å². The van der Waals surface area contributed by atoms with Crippen LogP contribution in [-0.2, 0) is 10.0 Å². The molecule has 6 nitrogen and oxygen atoms in total. The monoisotopic (exact) mass is 307 g/mol. The number of nitrogens with one attached hydrogen (secondary N) is 1. The molecular formula is C11H15F2N3O3S. The second kappa shape index (κ2) is 5.71. The maximum absolute atomic E-state index is 13.5. The summed E-state index contributed by atoms with van der Waals surface area (Å²) >= 11 is 0. The molecule has 0 saturated heterocycles. The molecule has 1 unspecified atom stereocenters. The van der Waals surface area contributed by atoms with Crippen molar-refractivity contribution in [3.05, 3.63) is 29.8 Å². The van der Waals surface area contributed by atoms with Gasteiger partial charge in [-0.15, -0.1) is 0 Å². The van der Waals surface area contributed by atoms with Crippen molar-refractivity contribution in [1.82, 2.24) is 4.72 Å². The minimum Gasteiger partial charge on any atom is -0.409 e. The molecule has 4 N–H and O–H groups in total. The highest BCUT2D eigenvalue weighted by atomic mass is 32.2. The zero-order valence-corrected chi connectivity index (χ0v) is 11.7. The highest BCUT2D eigenvalue weighted by Crippen LogP contribution is 2.19. The number of sulfonamides is 1. The Morgan fingerprint density at radius 2 is 2.10 bits per heavy atom. The molecule has 9 heteroatoms. The van der Waals surface area contributed by atoms with E-state index in [-0.39, 0.29) is 12.3 Å². The van der Waals surface area contributed by atoms with Crippen molar-refractivity contribution in [3.63, 3.8) is 0 Å².